The second-order valence-electron chi connectivity index (χ2n) is 8.08. The van der Waals surface area contributed by atoms with Gasteiger partial charge in [0.1, 0.15) is 5.75 Å². The molecule has 1 heterocycles. The molecule has 8 nitrogen and oxygen atoms in total. The fraction of sp³-hybridized carbons (Fsp3) is 0.185. The molecule has 8 heteroatoms. The number of esters is 1. The molecule has 0 fully saturated rings. The molecule has 0 unspecified atom stereocenters. The first-order valence-corrected chi connectivity index (χ1v) is 11.1. The van der Waals surface area contributed by atoms with E-state index in [-0.39, 0.29) is 5.56 Å². The van der Waals surface area contributed by atoms with E-state index >= 15 is 0 Å². The molecule has 3 aromatic carbocycles. The number of nitrogens with zero attached hydrogens (tertiary/aromatic N) is 4. The largest absolute Gasteiger partial charge is 0.478 e. The van der Waals surface area contributed by atoms with Crippen molar-refractivity contribution in [2.75, 3.05) is 26.1 Å². The van der Waals surface area contributed by atoms with Gasteiger partial charge in [0.2, 0.25) is 0 Å². The highest BCUT2D eigenvalue weighted by Crippen LogP contribution is 2.26. The van der Waals surface area contributed by atoms with Crippen molar-refractivity contribution < 1.29 is 14.3 Å². The van der Waals surface area contributed by atoms with Gasteiger partial charge >= 0.3 is 5.97 Å². The molecule has 0 amide bonds. The maximum atomic E-state index is 13.4. The van der Waals surface area contributed by atoms with Crippen molar-refractivity contribution in [2.45, 2.75) is 13.0 Å². The van der Waals surface area contributed by atoms with Gasteiger partial charge in [0.15, 0.2) is 11.9 Å². The lowest BCUT2D eigenvalue weighted by Gasteiger charge is -2.18. The summed E-state index contributed by atoms with van der Waals surface area (Å²) in [7, 11) is 5.12. The Kier molecular flexibility index (Phi) is 6.91. The van der Waals surface area contributed by atoms with Crippen LogP contribution in [0.1, 0.15) is 12.5 Å². The summed E-state index contributed by atoms with van der Waals surface area (Å²) in [5.41, 5.74) is 2.52. The van der Waals surface area contributed by atoms with E-state index in [1.807, 2.05) is 67.5 Å². The number of rotatable bonds is 7. The minimum Gasteiger partial charge on any atom is -0.478 e. The lowest BCUT2D eigenvalue weighted by molar-refractivity contribution is -0.147. The first kappa shape index (κ1) is 23.7. The predicted molar refractivity (Wildman–Crippen MR) is 137 cm³/mol. The number of carbonyl (C=O) groups is 1. The van der Waals surface area contributed by atoms with Crippen LogP contribution >= 0.6 is 0 Å². The van der Waals surface area contributed by atoms with Crippen molar-refractivity contribution in [1.82, 2.24) is 9.66 Å². The van der Waals surface area contributed by atoms with E-state index < -0.39 is 12.1 Å². The van der Waals surface area contributed by atoms with Gasteiger partial charge in [-0.1, -0.05) is 42.5 Å². The van der Waals surface area contributed by atoms with Crippen molar-refractivity contribution in [3.8, 4) is 17.1 Å². The molecule has 0 aliphatic heterocycles. The zero-order valence-corrected chi connectivity index (χ0v) is 20.0. The van der Waals surface area contributed by atoms with Crippen LogP contribution in [0.15, 0.2) is 82.7 Å². The number of hydrogen-bond acceptors (Lipinski definition) is 7. The Bertz CT molecular complexity index is 1450. The number of methoxy groups -OCH3 is 1. The summed E-state index contributed by atoms with van der Waals surface area (Å²) in [6.45, 7) is 1.61. The molecule has 0 saturated carbocycles. The van der Waals surface area contributed by atoms with Crippen LogP contribution in [0.3, 0.4) is 0 Å². The lowest BCUT2D eigenvalue weighted by atomic mass is 10.2. The minimum atomic E-state index is -0.825. The van der Waals surface area contributed by atoms with Crippen molar-refractivity contribution in [3.63, 3.8) is 0 Å². The van der Waals surface area contributed by atoms with Gasteiger partial charge in [-0.25, -0.2) is 9.78 Å². The van der Waals surface area contributed by atoms with Crippen LogP contribution in [-0.2, 0) is 9.53 Å². The lowest BCUT2D eigenvalue weighted by Crippen LogP contribution is -2.25. The smallest absolute Gasteiger partial charge is 0.346 e. The molecule has 0 aliphatic carbocycles. The summed E-state index contributed by atoms with van der Waals surface area (Å²) in [5.74, 6) is 0.353. The van der Waals surface area contributed by atoms with Gasteiger partial charge in [-0.2, -0.15) is 9.78 Å². The SMILES string of the molecule is COC(=O)[C@@H](C)Oc1cc(N(C)C)ccc1C=Nn1c(-c2ccccc2)nc2ccccc2c1=O. The molecule has 0 bridgehead atoms. The van der Waals surface area contributed by atoms with Crippen LogP contribution in [0.5, 0.6) is 5.75 Å². The molecule has 0 N–H and O–H groups in total. The Balaban J connectivity index is 1.84. The summed E-state index contributed by atoms with van der Waals surface area (Å²) >= 11 is 0. The van der Waals surface area contributed by atoms with Crippen molar-refractivity contribution in [1.29, 1.82) is 0 Å². The van der Waals surface area contributed by atoms with Gasteiger partial charge in [-0.05, 0) is 31.2 Å². The molecular formula is C27H26N4O4. The Morgan fingerprint density at radius 1 is 1.06 bits per heavy atom. The van der Waals surface area contributed by atoms with Crippen LogP contribution in [0, 0.1) is 0 Å². The summed E-state index contributed by atoms with van der Waals surface area (Å²) in [6.07, 6.45) is 0.706. The van der Waals surface area contributed by atoms with E-state index in [1.54, 1.807) is 31.2 Å². The highest BCUT2D eigenvalue weighted by atomic mass is 16.6. The van der Waals surface area contributed by atoms with E-state index in [1.165, 1.54) is 18.0 Å². The van der Waals surface area contributed by atoms with E-state index in [2.05, 4.69) is 5.10 Å². The highest BCUT2D eigenvalue weighted by Gasteiger charge is 2.18. The number of fused-ring (bicyclic) bond motifs is 1. The molecule has 4 rings (SSSR count). The van der Waals surface area contributed by atoms with Gasteiger partial charge in [0, 0.05) is 37.0 Å². The summed E-state index contributed by atoms with van der Waals surface area (Å²) < 4.78 is 12.0. The zero-order chi connectivity index (χ0) is 24.9. The molecule has 1 atom stereocenters. The van der Waals surface area contributed by atoms with Gasteiger partial charge < -0.3 is 14.4 Å². The molecular weight excluding hydrogens is 444 g/mol. The zero-order valence-electron chi connectivity index (χ0n) is 20.0. The maximum Gasteiger partial charge on any atom is 0.346 e. The predicted octanol–water partition coefficient (Wildman–Crippen LogP) is 3.95. The van der Waals surface area contributed by atoms with E-state index in [0.717, 1.165) is 11.3 Å². The number of benzene rings is 3. The van der Waals surface area contributed by atoms with Gasteiger partial charge in [-0.15, -0.1) is 0 Å². The third-order valence-corrected chi connectivity index (χ3v) is 5.45. The van der Waals surface area contributed by atoms with Gasteiger partial charge in [0.25, 0.3) is 5.56 Å². The average Bonchev–Trinajstić information content (AvgIpc) is 2.88. The fourth-order valence-electron chi connectivity index (χ4n) is 3.54. The van der Waals surface area contributed by atoms with Crippen LogP contribution in [0.4, 0.5) is 5.69 Å². The summed E-state index contributed by atoms with van der Waals surface area (Å²) in [4.78, 5) is 32.0. The summed E-state index contributed by atoms with van der Waals surface area (Å²) in [5, 5.41) is 4.98. The summed E-state index contributed by atoms with van der Waals surface area (Å²) in [6, 6.07) is 22.1. The molecule has 4 aromatic rings. The fourth-order valence-corrected chi connectivity index (χ4v) is 3.54. The second kappa shape index (κ2) is 10.2. The van der Waals surface area contributed by atoms with Crippen LogP contribution in [0.25, 0.3) is 22.3 Å². The van der Waals surface area contributed by atoms with Crippen LogP contribution in [-0.4, -0.2) is 49.2 Å². The molecule has 0 saturated heterocycles. The third kappa shape index (κ3) is 5.06. The van der Waals surface area contributed by atoms with Crippen LogP contribution in [0.2, 0.25) is 0 Å². The molecule has 0 aliphatic rings. The number of ether oxygens (including phenoxy) is 2. The Hall–Kier alpha value is -4.46. The maximum absolute atomic E-state index is 13.4. The Labute approximate surface area is 203 Å². The number of aromatic nitrogens is 2. The minimum absolute atomic E-state index is 0.291. The monoisotopic (exact) mass is 470 g/mol. The topological polar surface area (TPSA) is 86.0 Å². The normalized spacial score (nSPS) is 12.0. The molecule has 1 aromatic heterocycles. The van der Waals surface area contributed by atoms with Crippen LogP contribution < -0.4 is 15.2 Å². The van der Waals surface area contributed by atoms with E-state index in [9.17, 15) is 9.59 Å². The number of para-hydroxylation sites is 1. The molecule has 0 spiro atoms. The highest BCUT2D eigenvalue weighted by molar-refractivity contribution is 5.86. The van der Waals surface area contributed by atoms with Gasteiger partial charge in [-0.3, -0.25) is 4.79 Å². The second-order valence-corrected chi connectivity index (χ2v) is 8.08. The third-order valence-electron chi connectivity index (χ3n) is 5.45. The number of anilines is 1. The van der Waals surface area contributed by atoms with Gasteiger partial charge in [0.05, 0.1) is 24.2 Å². The number of hydrogen-bond donors (Lipinski definition) is 0. The van der Waals surface area contributed by atoms with Crippen molar-refractivity contribution >= 4 is 28.8 Å². The molecule has 0 radical (unpaired) electrons. The molecule has 35 heavy (non-hydrogen) atoms. The first-order chi connectivity index (χ1) is 16.9. The molecule has 178 valence electrons. The van der Waals surface area contributed by atoms with E-state index in [0.29, 0.717) is 28.0 Å². The standard InChI is InChI=1S/C27H26N4O4/c1-18(27(33)34-4)35-24-16-21(30(2)3)15-14-20(24)17-28-31-25(19-10-6-5-7-11-19)29-23-13-9-8-12-22(23)26(31)32/h5-18H,1-4H3/t18-/m1/s1. The number of carbonyl (C=O) groups excluding carboxylic acids is 1. The Morgan fingerprint density at radius 2 is 1.77 bits per heavy atom. The quantitative estimate of drug-likeness (QED) is 0.300. The average molecular weight is 471 g/mol. The van der Waals surface area contributed by atoms with E-state index in [4.69, 9.17) is 14.5 Å². The first-order valence-electron chi connectivity index (χ1n) is 11.1. The van der Waals surface area contributed by atoms with Crippen molar-refractivity contribution in [3.05, 3.63) is 88.7 Å². The Morgan fingerprint density at radius 3 is 2.49 bits per heavy atom. The van der Waals surface area contributed by atoms with Crippen molar-refractivity contribution in [2.24, 2.45) is 5.10 Å².